The summed E-state index contributed by atoms with van der Waals surface area (Å²) in [5, 5.41) is 2.84. The molecule has 110 valence electrons. The highest BCUT2D eigenvalue weighted by molar-refractivity contribution is 5.86. The van der Waals surface area contributed by atoms with Crippen molar-refractivity contribution in [1.82, 2.24) is 5.32 Å². The number of methoxy groups -OCH3 is 1. The Bertz CT molecular complexity index is 321. The van der Waals surface area contributed by atoms with Crippen LogP contribution in [0.1, 0.15) is 12.8 Å². The summed E-state index contributed by atoms with van der Waals surface area (Å²) in [4.78, 5) is 25.5. The molecule has 9 nitrogen and oxygen atoms in total. The summed E-state index contributed by atoms with van der Waals surface area (Å²) in [6.45, 7) is 1.50. The molecule has 9 heteroatoms. The Morgan fingerprint density at radius 1 is 1.37 bits per heavy atom. The lowest BCUT2D eigenvalue weighted by atomic mass is 10.2. The molecule has 0 rings (SSSR count). The van der Waals surface area contributed by atoms with E-state index in [4.69, 9.17) is 16.2 Å². The fourth-order valence-corrected chi connectivity index (χ4v) is 1.14. The van der Waals surface area contributed by atoms with Crippen LogP contribution in [0.15, 0.2) is 4.99 Å². The zero-order valence-electron chi connectivity index (χ0n) is 10.9. The lowest BCUT2D eigenvalue weighted by Crippen LogP contribution is -2.35. The smallest absolute Gasteiger partial charge is 0.383 e. The van der Waals surface area contributed by atoms with Crippen LogP contribution in [0.4, 0.5) is 4.79 Å². The molecule has 19 heavy (non-hydrogen) atoms. The van der Waals surface area contributed by atoms with Crippen LogP contribution in [-0.2, 0) is 14.3 Å². The number of nitrogens with two attached hydrogens (primary N) is 3. The van der Waals surface area contributed by atoms with Gasteiger partial charge < -0.3 is 32.0 Å². The summed E-state index contributed by atoms with van der Waals surface area (Å²) in [5.74, 6) is -0.548. The number of carbonyl (C=O) groups is 2. The maximum atomic E-state index is 11.1. The van der Waals surface area contributed by atoms with Gasteiger partial charge in [0, 0.05) is 20.2 Å². The van der Waals surface area contributed by atoms with Crippen LogP contribution in [0.3, 0.4) is 0 Å². The molecule has 0 aromatic heterocycles. The number of nitrogens with zero attached hydrogens (tertiary/aromatic N) is 1. The molecule has 0 aromatic rings. The number of primary amides is 1. The van der Waals surface area contributed by atoms with Gasteiger partial charge in [-0.1, -0.05) is 0 Å². The molecule has 0 radical (unpaired) electrons. The number of guanidine groups is 1. The summed E-state index contributed by atoms with van der Waals surface area (Å²) in [6, 6.07) is -0.898. The van der Waals surface area contributed by atoms with Crippen molar-refractivity contribution < 1.29 is 19.1 Å². The number of ether oxygens (including phenoxy) is 2. The number of hydrogen-bond acceptors (Lipinski definition) is 6. The van der Waals surface area contributed by atoms with E-state index in [0.717, 1.165) is 0 Å². The van der Waals surface area contributed by atoms with Crippen LogP contribution >= 0.6 is 0 Å². The van der Waals surface area contributed by atoms with Gasteiger partial charge in [0.2, 0.25) is 0 Å². The maximum absolute atomic E-state index is 11.1. The number of nitrogens with one attached hydrogen (secondary N) is 1. The predicted molar refractivity (Wildman–Crippen MR) is 69.3 cm³/mol. The van der Waals surface area contributed by atoms with Crippen molar-refractivity contribution in [3.63, 3.8) is 0 Å². The molecule has 0 aliphatic carbocycles. The first-order chi connectivity index (χ1) is 8.97. The van der Waals surface area contributed by atoms with Gasteiger partial charge in [0.05, 0.1) is 6.61 Å². The topological polar surface area (TPSA) is 155 Å². The lowest BCUT2D eigenvalue weighted by Gasteiger charge is -2.08. The van der Waals surface area contributed by atoms with Crippen LogP contribution in [0, 0.1) is 0 Å². The second-order valence-corrected chi connectivity index (χ2v) is 3.68. The third-order valence-corrected chi connectivity index (χ3v) is 2.07. The summed E-state index contributed by atoms with van der Waals surface area (Å²) >= 11 is 0. The average molecular weight is 275 g/mol. The Labute approximate surface area is 111 Å². The standard InChI is InChI=1S/C10H21N5O4/c1-18-6-5-15-9(12)14-4-2-3-7(11)8(16)19-10(13)17/h7H,2-6,11H2,1H3,(H2,13,17)(H3,12,14,15). The van der Waals surface area contributed by atoms with Crippen molar-refractivity contribution in [1.29, 1.82) is 0 Å². The van der Waals surface area contributed by atoms with Crippen LogP contribution in [-0.4, -0.2) is 50.9 Å². The zero-order valence-corrected chi connectivity index (χ0v) is 10.9. The van der Waals surface area contributed by atoms with Gasteiger partial charge in [-0.3, -0.25) is 4.99 Å². The molecular formula is C10H21N5O4. The molecule has 0 aromatic carbocycles. The highest BCUT2D eigenvalue weighted by atomic mass is 16.6. The number of hydrogen-bond donors (Lipinski definition) is 4. The number of rotatable bonds is 8. The van der Waals surface area contributed by atoms with Gasteiger partial charge >= 0.3 is 12.1 Å². The minimum atomic E-state index is -1.16. The first-order valence-corrected chi connectivity index (χ1v) is 5.76. The maximum Gasteiger partial charge on any atom is 0.412 e. The van der Waals surface area contributed by atoms with E-state index in [0.29, 0.717) is 38.5 Å². The van der Waals surface area contributed by atoms with Crippen molar-refractivity contribution in [2.24, 2.45) is 22.2 Å². The van der Waals surface area contributed by atoms with E-state index in [-0.39, 0.29) is 0 Å². The fraction of sp³-hybridized carbons (Fsp3) is 0.700. The van der Waals surface area contributed by atoms with E-state index in [1.54, 1.807) is 7.11 Å². The molecule has 0 bridgehead atoms. The van der Waals surface area contributed by atoms with Gasteiger partial charge in [-0.25, -0.2) is 9.59 Å². The average Bonchev–Trinajstić information content (AvgIpc) is 2.33. The van der Waals surface area contributed by atoms with E-state index in [1.165, 1.54) is 0 Å². The molecule has 1 unspecified atom stereocenters. The second kappa shape index (κ2) is 10.1. The Morgan fingerprint density at radius 3 is 2.63 bits per heavy atom. The van der Waals surface area contributed by atoms with E-state index in [2.05, 4.69) is 20.8 Å². The van der Waals surface area contributed by atoms with Crippen molar-refractivity contribution in [2.45, 2.75) is 18.9 Å². The van der Waals surface area contributed by atoms with Gasteiger partial charge in [-0.05, 0) is 12.8 Å². The predicted octanol–water partition coefficient (Wildman–Crippen LogP) is -1.73. The van der Waals surface area contributed by atoms with Gasteiger partial charge in [0.1, 0.15) is 6.04 Å². The Hall–Kier alpha value is -1.87. The summed E-state index contributed by atoms with van der Waals surface area (Å²) in [6.07, 6.45) is -0.312. The van der Waals surface area contributed by atoms with Crippen LogP contribution < -0.4 is 22.5 Å². The van der Waals surface area contributed by atoms with E-state index in [9.17, 15) is 9.59 Å². The monoisotopic (exact) mass is 275 g/mol. The zero-order chi connectivity index (χ0) is 14.7. The van der Waals surface area contributed by atoms with Crippen LogP contribution in [0.2, 0.25) is 0 Å². The molecule has 0 spiro atoms. The number of aliphatic imine (C=N–C) groups is 1. The Morgan fingerprint density at radius 2 is 2.05 bits per heavy atom. The summed E-state index contributed by atoms with van der Waals surface area (Å²) in [5.41, 5.74) is 15.7. The SMILES string of the molecule is COCCNC(N)=NCCCC(N)C(=O)OC(N)=O. The van der Waals surface area contributed by atoms with Gasteiger partial charge in [0.25, 0.3) is 0 Å². The molecule has 0 aliphatic rings. The highest BCUT2D eigenvalue weighted by Crippen LogP contribution is 1.97. The second-order valence-electron chi connectivity index (χ2n) is 3.68. The fourth-order valence-electron chi connectivity index (χ4n) is 1.14. The first kappa shape index (κ1) is 17.1. The minimum absolute atomic E-state index is 0.297. The van der Waals surface area contributed by atoms with E-state index < -0.39 is 18.1 Å². The summed E-state index contributed by atoms with van der Waals surface area (Å²) < 4.78 is 8.97. The molecule has 1 atom stereocenters. The largest absolute Gasteiger partial charge is 0.412 e. The lowest BCUT2D eigenvalue weighted by molar-refractivity contribution is -0.138. The number of carbonyl (C=O) groups excluding carboxylic acids is 2. The Balaban J connectivity index is 3.75. The molecule has 0 fully saturated rings. The number of amides is 1. The van der Waals surface area contributed by atoms with E-state index >= 15 is 0 Å². The van der Waals surface area contributed by atoms with Crippen molar-refractivity contribution in [3.8, 4) is 0 Å². The van der Waals surface area contributed by atoms with Gasteiger partial charge in [-0.2, -0.15) is 0 Å². The van der Waals surface area contributed by atoms with Crippen LogP contribution in [0.5, 0.6) is 0 Å². The highest BCUT2D eigenvalue weighted by Gasteiger charge is 2.16. The molecule has 7 N–H and O–H groups in total. The van der Waals surface area contributed by atoms with Crippen molar-refractivity contribution >= 4 is 18.0 Å². The van der Waals surface area contributed by atoms with Crippen molar-refractivity contribution in [2.75, 3.05) is 26.8 Å². The molecule has 0 heterocycles. The molecule has 1 amide bonds. The molecular weight excluding hydrogens is 254 g/mol. The number of esters is 1. The van der Waals surface area contributed by atoms with Crippen LogP contribution in [0.25, 0.3) is 0 Å². The normalized spacial score (nSPS) is 12.8. The third-order valence-electron chi connectivity index (χ3n) is 2.07. The van der Waals surface area contributed by atoms with Gasteiger partial charge in [-0.15, -0.1) is 0 Å². The third kappa shape index (κ3) is 9.80. The van der Waals surface area contributed by atoms with Gasteiger partial charge in [0.15, 0.2) is 5.96 Å². The van der Waals surface area contributed by atoms with Crippen molar-refractivity contribution in [3.05, 3.63) is 0 Å². The molecule has 0 saturated carbocycles. The van der Waals surface area contributed by atoms with E-state index in [1.807, 2.05) is 0 Å². The Kier molecular flexibility index (Phi) is 9.10. The first-order valence-electron chi connectivity index (χ1n) is 5.76. The molecule has 0 aliphatic heterocycles. The summed E-state index contributed by atoms with van der Waals surface area (Å²) in [7, 11) is 1.58. The minimum Gasteiger partial charge on any atom is -0.383 e. The molecule has 0 saturated heterocycles. The quantitative estimate of drug-likeness (QED) is 0.135.